The van der Waals surface area contributed by atoms with Crippen molar-refractivity contribution in [3.63, 3.8) is 0 Å². The van der Waals surface area contributed by atoms with E-state index in [1.165, 1.54) is 17.8 Å². The lowest BCUT2D eigenvalue weighted by Crippen LogP contribution is -2.27. The van der Waals surface area contributed by atoms with Gasteiger partial charge in [-0.05, 0) is 24.3 Å². The minimum atomic E-state index is -0.912. The van der Waals surface area contributed by atoms with Gasteiger partial charge in [-0.3, -0.25) is 4.79 Å². The summed E-state index contributed by atoms with van der Waals surface area (Å²) in [6.07, 6.45) is 0. The molecule has 0 aliphatic heterocycles. The molecule has 0 saturated carbocycles. The second kappa shape index (κ2) is 7.97. The molecule has 2 aromatic rings. The second-order valence-electron chi connectivity index (χ2n) is 4.93. The van der Waals surface area contributed by atoms with Gasteiger partial charge in [0, 0.05) is 24.1 Å². The van der Waals surface area contributed by atoms with E-state index in [0.29, 0.717) is 11.4 Å². The Bertz CT molecular complexity index is 694. The average molecular weight is 337 g/mol. The number of hydrogen-bond acceptors (Lipinski definition) is 3. The van der Waals surface area contributed by atoms with Gasteiger partial charge in [0.15, 0.2) is 11.6 Å². The third-order valence-corrected chi connectivity index (χ3v) is 4.26. The maximum Gasteiger partial charge on any atom is 0.232 e. The second-order valence-corrected chi connectivity index (χ2v) is 5.97. The first-order chi connectivity index (χ1) is 11.0. The average Bonchev–Trinajstić information content (AvgIpc) is 2.56. The summed E-state index contributed by atoms with van der Waals surface area (Å²) in [5.41, 5.74) is 0.906. The van der Waals surface area contributed by atoms with Gasteiger partial charge in [-0.2, -0.15) is 0 Å². The van der Waals surface area contributed by atoms with Crippen LogP contribution in [0.25, 0.3) is 0 Å². The van der Waals surface area contributed by atoms with Crippen molar-refractivity contribution in [1.29, 1.82) is 0 Å². The summed E-state index contributed by atoms with van der Waals surface area (Å²) in [6.45, 7) is 0.418. The van der Waals surface area contributed by atoms with E-state index in [2.05, 4.69) is 0 Å². The molecule has 0 saturated heterocycles. The minimum absolute atomic E-state index is 0.106. The molecule has 122 valence electrons. The number of para-hydroxylation sites is 1. The maximum absolute atomic E-state index is 13.1. The number of ether oxygens (including phenoxy) is 1. The van der Waals surface area contributed by atoms with Crippen LogP contribution in [0.5, 0.6) is 5.75 Å². The highest BCUT2D eigenvalue weighted by Crippen LogP contribution is 2.22. The fraction of sp³-hybridized carbons (Fsp3) is 0.235. The molecule has 0 bridgehead atoms. The molecular formula is C17H17F2NO2S. The Morgan fingerprint density at radius 2 is 1.91 bits per heavy atom. The summed E-state index contributed by atoms with van der Waals surface area (Å²) in [6, 6.07) is 11.1. The van der Waals surface area contributed by atoms with Gasteiger partial charge >= 0.3 is 0 Å². The van der Waals surface area contributed by atoms with Crippen LogP contribution in [0, 0.1) is 11.6 Å². The lowest BCUT2D eigenvalue weighted by molar-refractivity contribution is -0.127. The topological polar surface area (TPSA) is 29.5 Å². The minimum Gasteiger partial charge on any atom is -0.496 e. The number of nitrogens with zero attached hydrogens (tertiary/aromatic N) is 1. The standard InChI is InChI=1S/C17H17F2NO2S/c1-20(10-12-5-3-4-6-16(12)22-2)17(21)11-23-13-7-8-14(18)15(19)9-13/h3-9H,10-11H2,1-2H3. The first-order valence-electron chi connectivity index (χ1n) is 6.95. The molecule has 0 aliphatic carbocycles. The summed E-state index contributed by atoms with van der Waals surface area (Å²) in [4.78, 5) is 14.3. The van der Waals surface area contributed by atoms with Crippen molar-refractivity contribution in [3.8, 4) is 5.75 Å². The van der Waals surface area contributed by atoms with Crippen molar-refractivity contribution in [2.24, 2.45) is 0 Å². The monoisotopic (exact) mass is 337 g/mol. The van der Waals surface area contributed by atoms with Crippen molar-refractivity contribution in [2.75, 3.05) is 19.9 Å². The van der Waals surface area contributed by atoms with Gasteiger partial charge in [0.2, 0.25) is 5.91 Å². The van der Waals surface area contributed by atoms with Crippen molar-refractivity contribution < 1.29 is 18.3 Å². The number of carbonyl (C=O) groups is 1. The van der Waals surface area contributed by atoms with Crippen molar-refractivity contribution in [3.05, 3.63) is 59.7 Å². The Hall–Kier alpha value is -2.08. The van der Waals surface area contributed by atoms with E-state index in [1.54, 1.807) is 19.1 Å². The highest BCUT2D eigenvalue weighted by Gasteiger charge is 2.13. The van der Waals surface area contributed by atoms with Gasteiger partial charge in [-0.25, -0.2) is 8.78 Å². The predicted octanol–water partition coefficient (Wildman–Crippen LogP) is 3.72. The molecule has 0 aliphatic rings. The zero-order valence-corrected chi connectivity index (χ0v) is 13.7. The van der Waals surface area contributed by atoms with Crippen LogP contribution in [0.3, 0.4) is 0 Å². The van der Waals surface area contributed by atoms with E-state index >= 15 is 0 Å². The third kappa shape index (κ3) is 4.69. The molecule has 1 amide bonds. The number of methoxy groups -OCH3 is 1. The van der Waals surface area contributed by atoms with Crippen molar-refractivity contribution >= 4 is 17.7 Å². The van der Waals surface area contributed by atoms with Crippen LogP contribution in [0.2, 0.25) is 0 Å². The van der Waals surface area contributed by atoms with E-state index in [0.717, 1.165) is 23.4 Å². The molecule has 2 aromatic carbocycles. The van der Waals surface area contributed by atoms with Crippen molar-refractivity contribution in [1.82, 2.24) is 4.90 Å². The Kier molecular flexibility index (Phi) is 5.98. The summed E-state index contributed by atoms with van der Waals surface area (Å²) in [7, 11) is 3.28. The lowest BCUT2D eigenvalue weighted by atomic mass is 10.2. The SMILES string of the molecule is COc1ccccc1CN(C)C(=O)CSc1ccc(F)c(F)c1. The maximum atomic E-state index is 13.1. The molecular weight excluding hydrogens is 320 g/mol. The molecule has 23 heavy (non-hydrogen) atoms. The van der Waals surface area contributed by atoms with E-state index in [1.807, 2.05) is 24.3 Å². The first kappa shape index (κ1) is 17.3. The summed E-state index contributed by atoms with van der Waals surface area (Å²) in [5, 5.41) is 0. The number of thioether (sulfide) groups is 1. The largest absolute Gasteiger partial charge is 0.496 e. The number of halogens is 2. The zero-order valence-electron chi connectivity index (χ0n) is 12.9. The predicted molar refractivity (Wildman–Crippen MR) is 86.6 cm³/mol. The number of hydrogen-bond donors (Lipinski definition) is 0. The molecule has 0 fully saturated rings. The zero-order chi connectivity index (χ0) is 16.8. The highest BCUT2D eigenvalue weighted by molar-refractivity contribution is 8.00. The van der Waals surface area contributed by atoms with E-state index in [-0.39, 0.29) is 11.7 Å². The van der Waals surface area contributed by atoms with Gasteiger partial charge in [-0.1, -0.05) is 18.2 Å². The van der Waals surface area contributed by atoms with Gasteiger partial charge in [0.05, 0.1) is 12.9 Å². The van der Waals surface area contributed by atoms with Crippen LogP contribution in [0.15, 0.2) is 47.4 Å². The van der Waals surface area contributed by atoms with E-state index < -0.39 is 11.6 Å². The molecule has 0 spiro atoms. The number of benzene rings is 2. The van der Waals surface area contributed by atoms with Crippen molar-refractivity contribution in [2.45, 2.75) is 11.4 Å². The molecule has 0 aromatic heterocycles. The normalized spacial score (nSPS) is 10.4. The van der Waals surface area contributed by atoms with Gasteiger partial charge in [0.1, 0.15) is 5.75 Å². The summed E-state index contributed by atoms with van der Waals surface area (Å²) >= 11 is 1.17. The molecule has 0 atom stereocenters. The van der Waals surface area contributed by atoms with Gasteiger partial charge in [0.25, 0.3) is 0 Å². The molecule has 2 rings (SSSR count). The molecule has 3 nitrogen and oxygen atoms in total. The molecule has 0 unspecified atom stereocenters. The van der Waals surface area contributed by atoms with Crippen LogP contribution >= 0.6 is 11.8 Å². The van der Waals surface area contributed by atoms with Crippen LogP contribution < -0.4 is 4.74 Å². The third-order valence-electron chi connectivity index (χ3n) is 3.28. The Morgan fingerprint density at radius 3 is 2.61 bits per heavy atom. The van der Waals surface area contributed by atoms with Crippen LogP contribution in [-0.4, -0.2) is 30.7 Å². The lowest BCUT2D eigenvalue weighted by Gasteiger charge is -2.18. The number of amides is 1. The van der Waals surface area contributed by atoms with Gasteiger partial charge in [-0.15, -0.1) is 11.8 Å². The Morgan fingerprint density at radius 1 is 1.17 bits per heavy atom. The first-order valence-corrected chi connectivity index (χ1v) is 7.93. The van der Waals surface area contributed by atoms with Crippen LogP contribution in [-0.2, 0) is 11.3 Å². The van der Waals surface area contributed by atoms with E-state index in [9.17, 15) is 13.6 Å². The van der Waals surface area contributed by atoms with Gasteiger partial charge < -0.3 is 9.64 Å². The quantitative estimate of drug-likeness (QED) is 0.753. The molecule has 6 heteroatoms. The smallest absolute Gasteiger partial charge is 0.232 e. The Labute approximate surface area is 138 Å². The molecule has 0 radical (unpaired) electrons. The molecule has 0 N–H and O–H groups in total. The summed E-state index contributed by atoms with van der Waals surface area (Å²) in [5.74, 6) is -1.04. The number of carbonyl (C=O) groups excluding carboxylic acids is 1. The van der Waals surface area contributed by atoms with E-state index in [4.69, 9.17) is 4.74 Å². The highest BCUT2D eigenvalue weighted by atomic mass is 32.2. The fourth-order valence-corrected chi connectivity index (χ4v) is 2.86. The number of rotatable bonds is 6. The molecule has 0 heterocycles. The van der Waals surface area contributed by atoms with Crippen LogP contribution in [0.4, 0.5) is 8.78 Å². The van der Waals surface area contributed by atoms with Crippen LogP contribution in [0.1, 0.15) is 5.56 Å². The fourth-order valence-electron chi connectivity index (χ4n) is 2.00. The Balaban J connectivity index is 1.93. The summed E-state index contributed by atoms with van der Waals surface area (Å²) < 4.78 is 31.3.